The van der Waals surface area contributed by atoms with Crippen molar-refractivity contribution in [3.8, 4) is 11.5 Å². The molecule has 0 aromatic heterocycles. The molecule has 0 bridgehead atoms. The molecular weight excluding hydrogens is 266 g/mol. The number of carbonyl (C=O) groups excluding carboxylic acids is 1. The number of halogens is 1. The number of benzene rings is 1. The maximum Gasteiger partial charge on any atom is 0.254 e. The summed E-state index contributed by atoms with van der Waals surface area (Å²) in [5.41, 5.74) is 0.618. The molecule has 0 atom stereocenters. The van der Waals surface area contributed by atoms with Crippen LogP contribution in [0.5, 0.6) is 11.5 Å². The normalized spacial score (nSPS) is 12.8. The number of nitrogens with zero attached hydrogens (tertiary/aromatic N) is 1. The van der Waals surface area contributed by atoms with Gasteiger partial charge in [0.15, 0.2) is 11.5 Å². The molecule has 1 aliphatic rings. The van der Waals surface area contributed by atoms with E-state index in [1.807, 2.05) is 18.7 Å². The van der Waals surface area contributed by atoms with Crippen molar-refractivity contribution < 1.29 is 14.3 Å². The fraction of sp³-hybridized carbons (Fsp3) is 0.500. The third kappa shape index (κ3) is 3.13. The number of hydrogen-bond donors (Lipinski definition) is 0. The van der Waals surface area contributed by atoms with Crippen molar-refractivity contribution in [2.24, 2.45) is 0 Å². The number of rotatable bonds is 5. The van der Waals surface area contributed by atoms with Gasteiger partial charge < -0.3 is 14.4 Å². The van der Waals surface area contributed by atoms with Gasteiger partial charge in [-0.1, -0.05) is 0 Å². The average molecular weight is 284 g/mol. The molecule has 1 aliphatic heterocycles. The molecule has 0 aliphatic carbocycles. The Morgan fingerprint density at radius 3 is 2.79 bits per heavy atom. The topological polar surface area (TPSA) is 38.8 Å². The van der Waals surface area contributed by atoms with E-state index in [9.17, 15) is 4.79 Å². The molecule has 5 heteroatoms. The highest BCUT2D eigenvalue weighted by Crippen LogP contribution is 2.32. The second-order valence-corrected chi connectivity index (χ2v) is 5.08. The first kappa shape index (κ1) is 14.0. The Bertz CT molecular complexity index is 462. The van der Waals surface area contributed by atoms with Gasteiger partial charge in [-0.05, 0) is 38.5 Å². The monoisotopic (exact) mass is 283 g/mol. The molecule has 0 radical (unpaired) electrons. The molecule has 0 fully saturated rings. The SMILES string of the molecule is CC(C)N(CCCCl)C(=O)c1ccc2c(c1)OCO2. The maximum atomic E-state index is 12.5. The second kappa shape index (κ2) is 6.15. The van der Waals surface area contributed by atoms with E-state index in [-0.39, 0.29) is 18.7 Å². The number of ether oxygens (including phenoxy) is 2. The summed E-state index contributed by atoms with van der Waals surface area (Å²) in [5, 5.41) is 0. The van der Waals surface area contributed by atoms with Gasteiger partial charge in [0.25, 0.3) is 5.91 Å². The van der Waals surface area contributed by atoms with E-state index in [4.69, 9.17) is 21.1 Å². The lowest BCUT2D eigenvalue weighted by atomic mass is 10.1. The van der Waals surface area contributed by atoms with Gasteiger partial charge in [0, 0.05) is 24.0 Å². The Morgan fingerprint density at radius 2 is 2.11 bits per heavy atom. The van der Waals surface area contributed by atoms with Crippen LogP contribution in [0.4, 0.5) is 0 Å². The lowest BCUT2D eigenvalue weighted by Gasteiger charge is -2.26. The van der Waals surface area contributed by atoms with E-state index in [1.54, 1.807) is 18.2 Å². The average Bonchev–Trinajstić information content (AvgIpc) is 2.85. The van der Waals surface area contributed by atoms with Crippen LogP contribution in [0.15, 0.2) is 18.2 Å². The molecule has 0 spiro atoms. The van der Waals surface area contributed by atoms with Gasteiger partial charge in [-0.3, -0.25) is 4.79 Å². The van der Waals surface area contributed by atoms with E-state index in [1.165, 1.54) is 0 Å². The van der Waals surface area contributed by atoms with Gasteiger partial charge >= 0.3 is 0 Å². The van der Waals surface area contributed by atoms with Crippen LogP contribution in [-0.2, 0) is 0 Å². The number of alkyl halides is 1. The summed E-state index contributed by atoms with van der Waals surface area (Å²) in [6, 6.07) is 5.42. The van der Waals surface area contributed by atoms with Gasteiger partial charge in [-0.2, -0.15) is 0 Å². The Labute approximate surface area is 118 Å². The van der Waals surface area contributed by atoms with Crippen LogP contribution in [0.1, 0.15) is 30.6 Å². The van der Waals surface area contributed by atoms with Crippen molar-refractivity contribution in [2.75, 3.05) is 19.2 Å². The van der Waals surface area contributed by atoms with Crippen molar-refractivity contribution in [2.45, 2.75) is 26.3 Å². The summed E-state index contributed by atoms with van der Waals surface area (Å²) in [7, 11) is 0. The highest BCUT2D eigenvalue weighted by Gasteiger charge is 2.21. The number of fused-ring (bicyclic) bond motifs is 1. The number of amides is 1. The summed E-state index contributed by atoms with van der Waals surface area (Å²) in [4.78, 5) is 14.3. The molecular formula is C14H18ClNO3. The molecule has 0 saturated heterocycles. The molecule has 0 N–H and O–H groups in total. The van der Waals surface area contributed by atoms with E-state index in [2.05, 4.69) is 0 Å². The Morgan fingerprint density at radius 1 is 1.37 bits per heavy atom. The zero-order valence-electron chi connectivity index (χ0n) is 11.2. The van der Waals surface area contributed by atoms with Crippen LogP contribution < -0.4 is 9.47 Å². The minimum Gasteiger partial charge on any atom is -0.454 e. The molecule has 1 amide bonds. The van der Waals surface area contributed by atoms with Crippen LogP contribution in [0.3, 0.4) is 0 Å². The van der Waals surface area contributed by atoms with Gasteiger partial charge in [0.05, 0.1) is 0 Å². The Balaban J connectivity index is 2.16. The minimum atomic E-state index is -0.00147. The molecule has 0 unspecified atom stereocenters. The lowest BCUT2D eigenvalue weighted by molar-refractivity contribution is 0.0706. The van der Waals surface area contributed by atoms with Crippen molar-refractivity contribution in [1.82, 2.24) is 4.90 Å². The lowest BCUT2D eigenvalue weighted by Crippen LogP contribution is -2.37. The zero-order valence-corrected chi connectivity index (χ0v) is 11.9. The fourth-order valence-corrected chi connectivity index (χ4v) is 2.14. The third-order valence-electron chi connectivity index (χ3n) is 3.04. The summed E-state index contributed by atoms with van der Waals surface area (Å²) >= 11 is 5.70. The van der Waals surface area contributed by atoms with Crippen LogP contribution in [0, 0.1) is 0 Å². The van der Waals surface area contributed by atoms with Crippen molar-refractivity contribution in [3.63, 3.8) is 0 Å². The Hall–Kier alpha value is -1.42. The third-order valence-corrected chi connectivity index (χ3v) is 3.30. The van der Waals surface area contributed by atoms with Crippen molar-refractivity contribution >= 4 is 17.5 Å². The molecule has 1 aromatic carbocycles. The first-order valence-electron chi connectivity index (χ1n) is 6.40. The van der Waals surface area contributed by atoms with Gasteiger partial charge in [0.1, 0.15) is 0 Å². The molecule has 4 nitrogen and oxygen atoms in total. The second-order valence-electron chi connectivity index (χ2n) is 4.70. The summed E-state index contributed by atoms with van der Waals surface area (Å²) in [6.07, 6.45) is 0.788. The highest BCUT2D eigenvalue weighted by atomic mass is 35.5. The zero-order chi connectivity index (χ0) is 13.8. The molecule has 19 heavy (non-hydrogen) atoms. The standard InChI is InChI=1S/C14H18ClNO3/c1-10(2)16(7-3-6-15)14(17)11-4-5-12-13(8-11)19-9-18-12/h4-5,8,10H,3,6-7,9H2,1-2H3. The Kier molecular flexibility index (Phi) is 4.53. The van der Waals surface area contributed by atoms with Crippen molar-refractivity contribution in [1.29, 1.82) is 0 Å². The van der Waals surface area contributed by atoms with Gasteiger partial charge in [-0.25, -0.2) is 0 Å². The van der Waals surface area contributed by atoms with Crippen LogP contribution in [0.2, 0.25) is 0 Å². The largest absolute Gasteiger partial charge is 0.454 e. The molecule has 1 heterocycles. The van der Waals surface area contributed by atoms with E-state index in [0.29, 0.717) is 29.5 Å². The molecule has 0 saturated carbocycles. The van der Waals surface area contributed by atoms with Crippen LogP contribution in [0.25, 0.3) is 0 Å². The quantitative estimate of drug-likeness (QED) is 0.780. The maximum absolute atomic E-state index is 12.5. The molecule has 104 valence electrons. The van der Waals surface area contributed by atoms with E-state index in [0.717, 1.165) is 6.42 Å². The molecule has 2 rings (SSSR count). The summed E-state index contributed by atoms with van der Waals surface area (Å²) in [5.74, 6) is 1.87. The fourth-order valence-electron chi connectivity index (χ4n) is 2.02. The number of carbonyl (C=O) groups is 1. The predicted octanol–water partition coefficient (Wildman–Crippen LogP) is 2.89. The first-order valence-corrected chi connectivity index (χ1v) is 6.93. The number of hydrogen-bond acceptors (Lipinski definition) is 3. The van der Waals surface area contributed by atoms with Crippen LogP contribution in [-0.4, -0.2) is 36.1 Å². The van der Waals surface area contributed by atoms with Gasteiger partial charge in [0.2, 0.25) is 6.79 Å². The van der Waals surface area contributed by atoms with Crippen molar-refractivity contribution in [3.05, 3.63) is 23.8 Å². The van der Waals surface area contributed by atoms with Gasteiger partial charge in [-0.15, -0.1) is 11.6 Å². The van der Waals surface area contributed by atoms with Crippen LogP contribution >= 0.6 is 11.6 Å². The smallest absolute Gasteiger partial charge is 0.254 e. The van der Waals surface area contributed by atoms with E-state index >= 15 is 0 Å². The minimum absolute atomic E-state index is 0.00147. The summed E-state index contributed by atoms with van der Waals surface area (Å²) < 4.78 is 10.5. The molecule has 1 aromatic rings. The first-order chi connectivity index (χ1) is 9.13. The highest BCUT2D eigenvalue weighted by molar-refractivity contribution is 6.17. The summed E-state index contributed by atoms with van der Waals surface area (Å²) in [6.45, 7) is 4.87. The van der Waals surface area contributed by atoms with E-state index < -0.39 is 0 Å². The predicted molar refractivity (Wildman–Crippen MR) is 74.1 cm³/mol.